The minimum atomic E-state index is -1.27. The van der Waals surface area contributed by atoms with Gasteiger partial charge in [0, 0.05) is 48.9 Å². The number of hydrogen-bond acceptors (Lipinski definition) is 5. The molecule has 8 nitrogen and oxygen atoms in total. The van der Waals surface area contributed by atoms with Crippen molar-refractivity contribution in [2.45, 2.75) is 50.6 Å². The second-order valence-corrected chi connectivity index (χ2v) is 9.21. The van der Waals surface area contributed by atoms with Crippen molar-refractivity contribution in [1.82, 2.24) is 14.8 Å². The molecule has 1 aromatic carbocycles. The number of nitrogens with two attached hydrogens (primary N) is 1. The van der Waals surface area contributed by atoms with Crippen LogP contribution in [0.4, 0.5) is 8.78 Å². The van der Waals surface area contributed by atoms with Crippen molar-refractivity contribution >= 4 is 17.8 Å². The van der Waals surface area contributed by atoms with Crippen LogP contribution < -0.4 is 5.73 Å². The number of piperidine rings is 1. The smallest absolute Gasteiger partial charge is 0.333 e. The maximum absolute atomic E-state index is 13.9. The second kappa shape index (κ2) is 10.5. The summed E-state index contributed by atoms with van der Waals surface area (Å²) >= 11 is 0. The maximum atomic E-state index is 13.9. The fourth-order valence-corrected chi connectivity index (χ4v) is 5.33. The molecule has 2 aromatic rings. The normalized spacial score (nSPS) is 20.5. The number of benzene rings is 1. The average molecular weight is 499 g/mol. The molecule has 0 saturated carbocycles. The molecule has 1 aromatic heterocycles. The van der Waals surface area contributed by atoms with E-state index < -0.39 is 41.5 Å². The maximum Gasteiger partial charge on any atom is 0.333 e. The van der Waals surface area contributed by atoms with Crippen LogP contribution in [0, 0.1) is 11.6 Å². The number of carbonyl (C=O) groups is 3. The summed E-state index contributed by atoms with van der Waals surface area (Å²) in [5, 5.41) is 10.0. The Morgan fingerprint density at radius 2 is 1.89 bits per heavy atom. The molecule has 190 valence electrons. The number of rotatable bonds is 7. The van der Waals surface area contributed by atoms with Crippen LogP contribution in [0.1, 0.15) is 55.7 Å². The highest BCUT2D eigenvalue weighted by Gasteiger charge is 2.42. The van der Waals surface area contributed by atoms with E-state index in [2.05, 4.69) is 4.98 Å². The third kappa shape index (κ3) is 5.13. The first-order chi connectivity index (χ1) is 17.2. The molecule has 0 spiro atoms. The summed E-state index contributed by atoms with van der Waals surface area (Å²) in [5.41, 5.74) is 6.77. The molecule has 2 aliphatic heterocycles. The zero-order valence-electron chi connectivity index (χ0n) is 19.9. The number of allylic oxidation sites excluding steroid dienone is 1. The zero-order chi connectivity index (χ0) is 26.0. The van der Waals surface area contributed by atoms with Crippen LogP contribution in [0.15, 0.2) is 53.9 Å². The molecule has 4 rings (SSSR count). The summed E-state index contributed by atoms with van der Waals surface area (Å²) in [4.78, 5) is 45.4. The number of pyridine rings is 1. The number of amides is 2. The second-order valence-electron chi connectivity index (χ2n) is 9.21. The summed E-state index contributed by atoms with van der Waals surface area (Å²) in [5.74, 6) is -5.20. The Balaban J connectivity index is 1.65. The van der Waals surface area contributed by atoms with Gasteiger partial charge in [0.1, 0.15) is 0 Å². The highest BCUT2D eigenvalue weighted by Crippen LogP contribution is 2.39. The van der Waals surface area contributed by atoms with Gasteiger partial charge in [-0.25, -0.2) is 13.6 Å². The predicted octanol–water partition coefficient (Wildman–Crippen LogP) is 3.12. The van der Waals surface area contributed by atoms with Gasteiger partial charge >= 0.3 is 5.97 Å². The minimum absolute atomic E-state index is 0.0987. The molecule has 1 fully saturated rings. The lowest BCUT2D eigenvalue weighted by Crippen LogP contribution is -2.55. The number of carboxylic acid groups (broad SMARTS) is 1. The van der Waals surface area contributed by atoms with E-state index in [1.54, 1.807) is 6.20 Å². The molecule has 0 aliphatic carbocycles. The SMILES string of the molecule is CC1=C(C(=O)O)C(c2ccc(F)c(F)c2)CC(=O)N1C(CC(N)=O)N1CCC(c2ccccn2)CC1. The van der Waals surface area contributed by atoms with Crippen molar-refractivity contribution in [3.05, 3.63) is 76.8 Å². The van der Waals surface area contributed by atoms with Gasteiger partial charge in [-0.3, -0.25) is 24.4 Å². The molecule has 36 heavy (non-hydrogen) atoms. The Hall–Kier alpha value is -3.66. The van der Waals surface area contributed by atoms with E-state index in [4.69, 9.17) is 5.73 Å². The molecule has 2 amide bonds. The molecule has 2 aliphatic rings. The monoisotopic (exact) mass is 498 g/mol. The highest BCUT2D eigenvalue weighted by atomic mass is 19.2. The van der Waals surface area contributed by atoms with E-state index in [1.165, 1.54) is 17.9 Å². The van der Waals surface area contributed by atoms with Crippen LogP contribution >= 0.6 is 0 Å². The van der Waals surface area contributed by atoms with Crippen LogP contribution in [-0.4, -0.2) is 56.9 Å². The lowest BCUT2D eigenvalue weighted by molar-refractivity contribution is -0.139. The fourth-order valence-electron chi connectivity index (χ4n) is 5.33. The first-order valence-electron chi connectivity index (χ1n) is 11.8. The first-order valence-corrected chi connectivity index (χ1v) is 11.8. The lowest BCUT2D eigenvalue weighted by atomic mass is 9.83. The van der Waals surface area contributed by atoms with Gasteiger partial charge in [0.05, 0.1) is 18.2 Å². The molecular weight excluding hydrogens is 470 g/mol. The topological polar surface area (TPSA) is 117 Å². The molecule has 3 heterocycles. The van der Waals surface area contributed by atoms with Gasteiger partial charge in [-0.05, 0) is 49.6 Å². The fraction of sp³-hybridized carbons (Fsp3) is 0.385. The van der Waals surface area contributed by atoms with Crippen molar-refractivity contribution in [3.63, 3.8) is 0 Å². The summed E-state index contributed by atoms with van der Waals surface area (Å²) in [7, 11) is 0. The summed E-state index contributed by atoms with van der Waals surface area (Å²) in [6, 6.07) is 8.87. The molecule has 3 N–H and O–H groups in total. The summed E-state index contributed by atoms with van der Waals surface area (Å²) in [6.07, 6.45) is 2.07. The number of nitrogens with zero attached hydrogens (tertiary/aromatic N) is 3. The van der Waals surface area contributed by atoms with Crippen molar-refractivity contribution in [2.75, 3.05) is 13.1 Å². The number of carboxylic acids is 1. The van der Waals surface area contributed by atoms with E-state index in [9.17, 15) is 28.3 Å². The van der Waals surface area contributed by atoms with Gasteiger partial charge in [-0.15, -0.1) is 0 Å². The molecule has 0 bridgehead atoms. The quantitative estimate of drug-likeness (QED) is 0.606. The third-order valence-electron chi connectivity index (χ3n) is 7.06. The molecule has 2 unspecified atom stereocenters. The summed E-state index contributed by atoms with van der Waals surface area (Å²) < 4.78 is 27.4. The molecule has 2 atom stereocenters. The third-order valence-corrected chi connectivity index (χ3v) is 7.06. The van der Waals surface area contributed by atoms with Gasteiger partial charge in [0.15, 0.2) is 11.6 Å². The average Bonchev–Trinajstić information content (AvgIpc) is 2.85. The molecule has 0 radical (unpaired) electrons. The Morgan fingerprint density at radius 1 is 1.17 bits per heavy atom. The zero-order valence-corrected chi connectivity index (χ0v) is 19.9. The largest absolute Gasteiger partial charge is 0.478 e. The molecule has 10 heteroatoms. The Morgan fingerprint density at radius 3 is 2.47 bits per heavy atom. The Kier molecular flexibility index (Phi) is 7.44. The lowest BCUT2D eigenvalue weighted by Gasteiger charge is -2.45. The van der Waals surface area contributed by atoms with E-state index in [-0.39, 0.29) is 35.6 Å². The van der Waals surface area contributed by atoms with Gasteiger partial charge in [0.2, 0.25) is 11.8 Å². The van der Waals surface area contributed by atoms with Crippen molar-refractivity contribution < 1.29 is 28.3 Å². The number of aliphatic carboxylic acids is 1. The Bertz CT molecular complexity index is 1200. The predicted molar refractivity (Wildman–Crippen MR) is 126 cm³/mol. The van der Waals surface area contributed by atoms with Crippen LogP contribution in [0.3, 0.4) is 0 Å². The molecular formula is C26H28F2N4O4. The number of likely N-dealkylation sites (tertiary alicyclic amines) is 1. The summed E-state index contributed by atoms with van der Waals surface area (Å²) in [6.45, 7) is 2.62. The number of halogens is 2. The van der Waals surface area contributed by atoms with E-state index in [0.717, 1.165) is 30.7 Å². The van der Waals surface area contributed by atoms with Crippen molar-refractivity contribution in [1.29, 1.82) is 0 Å². The van der Waals surface area contributed by atoms with Crippen molar-refractivity contribution in [3.8, 4) is 0 Å². The van der Waals surface area contributed by atoms with E-state index in [1.807, 2.05) is 23.1 Å². The van der Waals surface area contributed by atoms with Crippen LogP contribution in [0.5, 0.6) is 0 Å². The standard InChI is InChI=1S/C26H28F2N4O4/c1-15-25(26(35)36)18(17-5-6-19(27)20(28)12-17)13-24(34)32(15)23(14-22(29)33)31-10-7-16(8-11-31)21-4-2-3-9-30-21/h2-6,9,12,16,18,23H,7-8,10-11,13-14H2,1H3,(H2,29,33)(H,35,36). The highest BCUT2D eigenvalue weighted by molar-refractivity contribution is 5.95. The number of primary amides is 1. The van der Waals surface area contributed by atoms with Crippen LogP contribution in [-0.2, 0) is 14.4 Å². The molecule has 1 saturated heterocycles. The van der Waals surface area contributed by atoms with Crippen LogP contribution in [0.25, 0.3) is 0 Å². The van der Waals surface area contributed by atoms with Crippen molar-refractivity contribution in [2.24, 2.45) is 5.73 Å². The van der Waals surface area contributed by atoms with Gasteiger partial charge in [-0.2, -0.15) is 0 Å². The van der Waals surface area contributed by atoms with Gasteiger partial charge in [0.25, 0.3) is 0 Å². The van der Waals surface area contributed by atoms with E-state index >= 15 is 0 Å². The van der Waals surface area contributed by atoms with Crippen LogP contribution in [0.2, 0.25) is 0 Å². The number of aromatic nitrogens is 1. The van der Waals surface area contributed by atoms with Gasteiger partial charge < -0.3 is 10.8 Å². The van der Waals surface area contributed by atoms with Gasteiger partial charge in [-0.1, -0.05) is 12.1 Å². The van der Waals surface area contributed by atoms with E-state index in [0.29, 0.717) is 13.1 Å². The Labute approximate surface area is 207 Å². The number of hydrogen-bond donors (Lipinski definition) is 2. The number of carbonyl (C=O) groups excluding carboxylic acids is 2. The first kappa shape index (κ1) is 25.4. The minimum Gasteiger partial charge on any atom is -0.478 e.